The first-order valence-electron chi connectivity index (χ1n) is 9.17. The minimum absolute atomic E-state index is 0.0216. The molecule has 2 aromatic rings. The van der Waals surface area contributed by atoms with Crippen molar-refractivity contribution in [3.63, 3.8) is 0 Å². The van der Waals surface area contributed by atoms with Gasteiger partial charge < -0.3 is 15.0 Å². The maximum absolute atomic E-state index is 14.0. The Balaban J connectivity index is 1.84. The Morgan fingerprint density at radius 1 is 1.26 bits per heavy atom. The van der Waals surface area contributed by atoms with Crippen LogP contribution in [0, 0.1) is 11.6 Å². The zero-order valence-corrected chi connectivity index (χ0v) is 15.6. The van der Waals surface area contributed by atoms with Gasteiger partial charge in [-0.2, -0.15) is 0 Å². The van der Waals surface area contributed by atoms with Gasteiger partial charge in [0.15, 0.2) is 0 Å². The van der Waals surface area contributed by atoms with Crippen LogP contribution in [0.3, 0.4) is 0 Å². The molecule has 0 bridgehead atoms. The molecule has 1 aliphatic heterocycles. The summed E-state index contributed by atoms with van der Waals surface area (Å²) in [6, 6.07) is 7.25. The van der Waals surface area contributed by atoms with E-state index in [0.717, 1.165) is 43.6 Å². The molecule has 2 N–H and O–H groups in total. The van der Waals surface area contributed by atoms with Crippen LogP contribution in [0.15, 0.2) is 30.3 Å². The Kier molecular flexibility index (Phi) is 5.92. The van der Waals surface area contributed by atoms with Crippen LogP contribution in [-0.4, -0.2) is 40.6 Å². The van der Waals surface area contributed by atoms with E-state index in [-0.39, 0.29) is 24.1 Å². The largest absolute Gasteiger partial charge is 0.387 e. The third-order valence-corrected chi connectivity index (χ3v) is 5.32. The van der Waals surface area contributed by atoms with Crippen molar-refractivity contribution in [2.24, 2.45) is 7.05 Å². The zero-order valence-electron chi connectivity index (χ0n) is 15.6. The highest BCUT2D eigenvalue weighted by molar-refractivity contribution is 5.92. The van der Waals surface area contributed by atoms with E-state index in [2.05, 4.69) is 5.32 Å². The van der Waals surface area contributed by atoms with Gasteiger partial charge in [-0.05, 0) is 43.7 Å². The Bertz CT molecular complexity index is 801. The summed E-state index contributed by atoms with van der Waals surface area (Å²) in [5, 5.41) is 13.1. The van der Waals surface area contributed by atoms with Gasteiger partial charge in [-0.15, -0.1) is 0 Å². The van der Waals surface area contributed by atoms with Crippen molar-refractivity contribution >= 4 is 5.91 Å². The lowest BCUT2D eigenvalue weighted by Crippen LogP contribution is -2.38. The Morgan fingerprint density at radius 2 is 1.96 bits per heavy atom. The highest BCUT2D eigenvalue weighted by Crippen LogP contribution is 2.34. The van der Waals surface area contributed by atoms with Crippen molar-refractivity contribution in [1.82, 2.24) is 14.8 Å². The molecular formula is C20H25F2N3O2. The van der Waals surface area contributed by atoms with Crippen LogP contribution in [0.4, 0.5) is 8.78 Å². The standard InChI is InChI=1S/C20H25F2N3O2/c1-23-20(27)17-10-9-15(24(17)2)16-8-3-4-11-25(16)12-18(26)19-13(21)6-5-7-14(19)22/h5-7,9-10,16,18,26H,3-4,8,11-12H2,1-2H3,(H,23,27)/t16-,18+/m1/s1. The van der Waals surface area contributed by atoms with Crippen molar-refractivity contribution in [2.75, 3.05) is 20.1 Å². The Labute approximate surface area is 157 Å². The van der Waals surface area contributed by atoms with Crippen LogP contribution < -0.4 is 5.32 Å². The number of nitrogens with one attached hydrogen (secondary N) is 1. The molecular weight excluding hydrogens is 352 g/mol. The van der Waals surface area contributed by atoms with E-state index in [0.29, 0.717) is 5.69 Å². The first kappa shape index (κ1) is 19.5. The lowest BCUT2D eigenvalue weighted by atomic mass is 9.97. The number of β-amino-alcohol motifs (C(OH)–C–C–N with tert-alkyl or cyclic N) is 1. The highest BCUT2D eigenvalue weighted by atomic mass is 19.1. The van der Waals surface area contributed by atoms with E-state index < -0.39 is 17.7 Å². The van der Waals surface area contributed by atoms with Crippen LogP contribution in [0.5, 0.6) is 0 Å². The molecule has 0 spiro atoms. The molecule has 1 fully saturated rings. The predicted octanol–water partition coefficient (Wildman–Crippen LogP) is 2.92. The Morgan fingerprint density at radius 3 is 2.63 bits per heavy atom. The maximum Gasteiger partial charge on any atom is 0.267 e. The van der Waals surface area contributed by atoms with E-state index in [1.54, 1.807) is 13.1 Å². The number of hydrogen-bond donors (Lipinski definition) is 2. The fraction of sp³-hybridized carbons (Fsp3) is 0.450. The molecule has 146 valence electrons. The van der Waals surface area contributed by atoms with E-state index >= 15 is 0 Å². The van der Waals surface area contributed by atoms with Gasteiger partial charge >= 0.3 is 0 Å². The normalized spacial score (nSPS) is 19.1. The number of rotatable bonds is 5. The summed E-state index contributed by atoms with van der Waals surface area (Å²) >= 11 is 0. The summed E-state index contributed by atoms with van der Waals surface area (Å²) in [5.74, 6) is -1.65. The second-order valence-corrected chi connectivity index (χ2v) is 6.94. The van der Waals surface area contributed by atoms with Gasteiger partial charge in [-0.25, -0.2) is 8.78 Å². The zero-order chi connectivity index (χ0) is 19.6. The molecule has 3 rings (SSSR count). The number of aliphatic hydroxyl groups is 1. The van der Waals surface area contributed by atoms with E-state index in [9.17, 15) is 18.7 Å². The fourth-order valence-electron chi connectivity index (χ4n) is 3.90. The molecule has 0 aliphatic carbocycles. The minimum atomic E-state index is -1.26. The first-order valence-corrected chi connectivity index (χ1v) is 9.17. The van der Waals surface area contributed by atoms with Crippen LogP contribution in [0.25, 0.3) is 0 Å². The molecule has 1 aromatic carbocycles. The second-order valence-electron chi connectivity index (χ2n) is 6.94. The number of aliphatic hydroxyl groups excluding tert-OH is 1. The van der Waals surface area contributed by atoms with Crippen molar-refractivity contribution in [1.29, 1.82) is 0 Å². The number of halogens is 2. The molecule has 1 aromatic heterocycles. The maximum atomic E-state index is 14.0. The van der Waals surface area contributed by atoms with Gasteiger partial charge in [0.05, 0.1) is 17.7 Å². The molecule has 2 heterocycles. The average Bonchev–Trinajstić information content (AvgIpc) is 3.02. The van der Waals surface area contributed by atoms with Gasteiger partial charge in [-0.1, -0.05) is 12.5 Å². The molecule has 2 atom stereocenters. The van der Waals surface area contributed by atoms with Gasteiger partial charge in [0.1, 0.15) is 17.3 Å². The number of carbonyl (C=O) groups is 1. The van der Waals surface area contributed by atoms with E-state index in [1.807, 2.05) is 22.6 Å². The monoisotopic (exact) mass is 377 g/mol. The van der Waals surface area contributed by atoms with Crippen molar-refractivity contribution in [3.05, 3.63) is 58.9 Å². The summed E-state index contributed by atoms with van der Waals surface area (Å²) < 4.78 is 29.9. The number of aromatic nitrogens is 1. The summed E-state index contributed by atoms with van der Waals surface area (Å²) in [7, 11) is 3.42. The molecule has 7 heteroatoms. The topological polar surface area (TPSA) is 57.5 Å². The quantitative estimate of drug-likeness (QED) is 0.842. The summed E-state index contributed by atoms with van der Waals surface area (Å²) in [6.07, 6.45) is 1.57. The number of benzene rings is 1. The number of piperidine rings is 1. The van der Waals surface area contributed by atoms with Crippen LogP contribution in [0.1, 0.15) is 53.2 Å². The lowest BCUT2D eigenvalue weighted by molar-refractivity contribution is 0.0604. The van der Waals surface area contributed by atoms with Crippen molar-refractivity contribution in [3.8, 4) is 0 Å². The van der Waals surface area contributed by atoms with E-state index in [1.165, 1.54) is 6.07 Å². The number of nitrogens with zero attached hydrogens (tertiary/aromatic N) is 2. The van der Waals surface area contributed by atoms with Crippen molar-refractivity contribution in [2.45, 2.75) is 31.4 Å². The minimum Gasteiger partial charge on any atom is -0.387 e. The number of likely N-dealkylation sites (tertiary alicyclic amines) is 1. The highest BCUT2D eigenvalue weighted by Gasteiger charge is 2.30. The average molecular weight is 377 g/mol. The van der Waals surface area contributed by atoms with Crippen LogP contribution in [0.2, 0.25) is 0 Å². The third kappa shape index (κ3) is 3.89. The summed E-state index contributed by atoms with van der Waals surface area (Å²) in [5.41, 5.74) is 1.22. The number of amides is 1. The predicted molar refractivity (Wildman–Crippen MR) is 98.3 cm³/mol. The molecule has 0 radical (unpaired) electrons. The van der Waals surface area contributed by atoms with E-state index in [4.69, 9.17) is 0 Å². The smallest absolute Gasteiger partial charge is 0.267 e. The van der Waals surface area contributed by atoms with Gasteiger partial charge in [0, 0.05) is 26.3 Å². The number of carbonyl (C=O) groups excluding carboxylic acids is 1. The molecule has 0 unspecified atom stereocenters. The van der Waals surface area contributed by atoms with Gasteiger partial charge in [0.2, 0.25) is 0 Å². The molecule has 1 saturated heterocycles. The molecule has 27 heavy (non-hydrogen) atoms. The molecule has 1 aliphatic rings. The Hall–Kier alpha value is -2.25. The first-order chi connectivity index (χ1) is 12.9. The van der Waals surface area contributed by atoms with Gasteiger partial charge in [0.25, 0.3) is 5.91 Å². The molecule has 1 amide bonds. The van der Waals surface area contributed by atoms with Gasteiger partial charge in [-0.3, -0.25) is 9.69 Å². The van der Waals surface area contributed by atoms with Crippen molar-refractivity contribution < 1.29 is 18.7 Å². The third-order valence-electron chi connectivity index (χ3n) is 5.32. The fourth-order valence-corrected chi connectivity index (χ4v) is 3.90. The molecule has 5 nitrogen and oxygen atoms in total. The second kappa shape index (κ2) is 8.19. The summed E-state index contributed by atoms with van der Waals surface area (Å²) in [4.78, 5) is 14.0. The number of hydrogen-bond acceptors (Lipinski definition) is 3. The van der Waals surface area contributed by atoms with Crippen LogP contribution >= 0.6 is 0 Å². The lowest BCUT2D eigenvalue weighted by Gasteiger charge is -2.37. The van der Waals surface area contributed by atoms with Crippen LogP contribution in [-0.2, 0) is 7.05 Å². The SMILES string of the molecule is CNC(=O)c1ccc([C@H]2CCCCN2C[C@H](O)c2c(F)cccc2F)n1C. The summed E-state index contributed by atoms with van der Waals surface area (Å²) in [6.45, 7) is 0.849. The molecule has 0 saturated carbocycles.